The minimum atomic E-state index is -0.733. The molecule has 4 nitrogen and oxygen atoms in total. The number of rotatable bonds is 8. The molecule has 0 unspecified atom stereocenters. The molecule has 0 aliphatic carbocycles. The fraction of sp³-hybridized carbons (Fsp3) is 0.471. The molecule has 0 saturated heterocycles. The Morgan fingerprint density at radius 3 is 2.35 bits per heavy atom. The number of carbonyl (C=O) groups excluding carboxylic acids is 3. The fourth-order valence-electron chi connectivity index (χ4n) is 2.20. The summed E-state index contributed by atoms with van der Waals surface area (Å²) >= 11 is 4.41. The van der Waals surface area contributed by atoms with E-state index in [1.54, 1.807) is 6.92 Å². The highest BCUT2D eigenvalue weighted by Gasteiger charge is 2.33. The molecule has 1 rings (SSSR count). The average molecular weight is 401 g/mol. The minimum absolute atomic E-state index is 0.0127. The van der Waals surface area contributed by atoms with Crippen molar-refractivity contribution in [3.05, 3.63) is 28.7 Å². The minimum Gasteiger partial charge on any atom is -0.466 e. The van der Waals surface area contributed by atoms with Crippen LogP contribution in [0.3, 0.4) is 0 Å². The Kier molecular flexibility index (Phi) is 8.55. The zero-order chi connectivity index (χ0) is 17.4. The second-order valence-electron chi connectivity index (χ2n) is 5.45. The maximum absolute atomic E-state index is 12.3. The van der Waals surface area contributed by atoms with Crippen LogP contribution in [-0.4, -0.2) is 24.0 Å². The molecule has 2 atom stereocenters. The first-order valence-electron chi connectivity index (χ1n) is 7.47. The van der Waals surface area contributed by atoms with Gasteiger partial charge < -0.3 is 9.53 Å². The molecule has 0 aliphatic heterocycles. The van der Waals surface area contributed by atoms with Gasteiger partial charge in [-0.15, -0.1) is 0 Å². The Morgan fingerprint density at radius 2 is 1.87 bits per heavy atom. The SMILES string of the molecule is CCOC(=O)[C@H](CC(=O)Sc1ccc(Br)cc1)[C@@H](C=O)C(C)C. The van der Waals surface area contributed by atoms with Crippen LogP contribution in [0, 0.1) is 17.8 Å². The van der Waals surface area contributed by atoms with Gasteiger partial charge in [-0.2, -0.15) is 0 Å². The maximum atomic E-state index is 12.3. The predicted octanol–water partition coefficient (Wildman–Crippen LogP) is 4.11. The molecule has 0 bridgehead atoms. The molecular formula is C17H21BrO4S. The van der Waals surface area contributed by atoms with E-state index in [4.69, 9.17) is 4.74 Å². The van der Waals surface area contributed by atoms with E-state index in [9.17, 15) is 14.4 Å². The number of thioether (sulfide) groups is 1. The number of carbonyl (C=O) groups is 3. The van der Waals surface area contributed by atoms with Gasteiger partial charge in [0.1, 0.15) is 6.29 Å². The van der Waals surface area contributed by atoms with Crippen molar-refractivity contribution < 1.29 is 19.1 Å². The van der Waals surface area contributed by atoms with Crippen molar-refractivity contribution >= 4 is 45.1 Å². The van der Waals surface area contributed by atoms with E-state index in [1.165, 1.54) is 0 Å². The van der Waals surface area contributed by atoms with Gasteiger partial charge in [-0.05, 0) is 37.1 Å². The summed E-state index contributed by atoms with van der Waals surface area (Å²) in [6.45, 7) is 5.65. The molecule has 0 aromatic heterocycles. The van der Waals surface area contributed by atoms with Gasteiger partial charge in [-0.25, -0.2) is 0 Å². The van der Waals surface area contributed by atoms with Crippen LogP contribution in [-0.2, 0) is 19.1 Å². The van der Waals surface area contributed by atoms with Gasteiger partial charge in [0.25, 0.3) is 0 Å². The van der Waals surface area contributed by atoms with Crippen LogP contribution in [0.15, 0.2) is 33.6 Å². The first-order chi connectivity index (χ1) is 10.9. The first-order valence-corrected chi connectivity index (χ1v) is 9.08. The van der Waals surface area contributed by atoms with Gasteiger partial charge in [0, 0.05) is 21.7 Å². The van der Waals surface area contributed by atoms with Crippen LogP contribution < -0.4 is 0 Å². The van der Waals surface area contributed by atoms with E-state index in [0.29, 0.717) is 0 Å². The Hall–Kier alpha value is -1.14. The first kappa shape index (κ1) is 19.9. The maximum Gasteiger partial charge on any atom is 0.310 e. The van der Waals surface area contributed by atoms with Crippen molar-refractivity contribution in [2.24, 2.45) is 17.8 Å². The van der Waals surface area contributed by atoms with Crippen molar-refractivity contribution in [2.45, 2.75) is 32.1 Å². The lowest BCUT2D eigenvalue weighted by molar-refractivity contribution is -0.153. The van der Waals surface area contributed by atoms with Crippen LogP contribution in [0.5, 0.6) is 0 Å². The summed E-state index contributed by atoms with van der Waals surface area (Å²) in [6, 6.07) is 7.35. The topological polar surface area (TPSA) is 60.4 Å². The summed E-state index contributed by atoms with van der Waals surface area (Å²) in [5, 5.41) is -0.155. The smallest absolute Gasteiger partial charge is 0.310 e. The van der Waals surface area contributed by atoms with Crippen LogP contribution in [0.25, 0.3) is 0 Å². The molecular weight excluding hydrogens is 380 g/mol. The van der Waals surface area contributed by atoms with Gasteiger partial charge in [0.2, 0.25) is 0 Å². The molecule has 0 saturated carbocycles. The Morgan fingerprint density at radius 1 is 1.26 bits per heavy atom. The van der Waals surface area contributed by atoms with E-state index in [1.807, 2.05) is 38.1 Å². The monoisotopic (exact) mass is 400 g/mol. The lowest BCUT2D eigenvalue weighted by atomic mass is 9.83. The molecule has 0 aliphatic rings. The van der Waals surface area contributed by atoms with Crippen molar-refractivity contribution in [1.82, 2.24) is 0 Å². The van der Waals surface area contributed by atoms with E-state index < -0.39 is 17.8 Å². The number of halogens is 1. The summed E-state index contributed by atoms with van der Waals surface area (Å²) < 4.78 is 5.97. The Bertz CT molecular complexity index is 542. The van der Waals surface area contributed by atoms with Gasteiger partial charge in [0.05, 0.1) is 12.5 Å². The fourth-order valence-corrected chi connectivity index (χ4v) is 3.26. The highest BCUT2D eigenvalue weighted by atomic mass is 79.9. The molecule has 1 aromatic rings. The molecule has 1 aromatic carbocycles. The second-order valence-corrected chi connectivity index (χ2v) is 7.49. The van der Waals surface area contributed by atoms with Crippen LogP contribution in [0.2, 0.25) is 0 Å². The van der Waals surface area contributed by atoms with Crippen molar-refractivity contribution in [3.63, 3.8) is 0 Å². The molecule has 6 heteroatoms. The second kappa shape index (κ2) is 9.88. The quantitative estimate of drug-likeness (QED) is 0.373. The average Bonchev–Trinajstić information content (AvgIpc) is 2.49. The number of aldehydes is 1. The van der Waals surface area contributed by atoms with Crippen LogP contribution >= 0.6 is 27.7 Å². The standard InChI is InChI=1S/C17H21BrO4S/c1-4-22-17(21)14(15(10-19)11(2)3)9-16(20)23-13-7-5-12(18)6-8-13/h5-8,10-11,14-15H,4,9H2,1-3H3/t14-,15+/m1/s1. The van der Waals surface area contributed by atoms with Gasteiger partial charge in [-0.3, -0.25) is 9.59 Å². The van der Waals surface area contributed by atoms with E-state index >= 15 is 0 Å². The predicted molar refractivity (Wildman–Crippen MR) is 94.1 cm³/mol. The highest BCUT2D eigenvalue weighted by molar-refractivity contribution is 9.10. The largest absolute Gasteiger partial charge is 0.466 e. The third-order valence-corrected chi connectivity index (χ3v) is 4.84. The highest BCUT2D eigenvalue weighted by Crippen LogP contribution is 2.29. The van der Waals surface area contributed by atoms with Gasteiger partial charge >= 0.3 is 5.97 Å². The summed E-state index contributed by atoms with van der Waals surface area (Å²) in [6.07, 6.45) is 0.741. The molecule has 0 fully saturated rings. The van der Waals surface area contributed by atoms with Gasteiger partial charge in [-0.1, -0.05) is 41.5 Å². The van der Waals surface area contributed by atoms with E-state index in [0.717, 1.165) is 27.4 Å². The normalized spacial score (nSPS) is 13.4. The summed E-state index contributed by atoms with van der Waals surface area (Å²) in [5.41, 5.74) is 0. The summed E-state index contributed by atoms with van der Waals surface area (Å²) in [5.74, 6) is -1.78. The van der Waals surface area contributed by atoms with Crippen molar-refractivity contribution in [2.75, 3.05) is 6.61 Å². The third-order valence-electron chi connectivity index (χ3n) is 3.41. The summed E-state index contributed by atoms with van der Waals surface area (Å²) in [7, 11) is 0. The molecule has 0 N–H and O–H groups in total. The van der Waals surface area contributed by atoms with Crippen molar-refractivity contribution in [1.29, 1.82) is 0 Å². The zero-order valence-electron chi connectivity index (χ0n) is 13.5. The van der Waals surface area contributed by atoms with Crippen LogP contribution in [0.4, 0.5) is 0 Å². The zero-order valence-corrected chi connectivity index (χ0v) is 15.9. The number of esters is 1. The van der Waals surface area contributed by atoms with Gasteiger partial charge in [0.15, 0.2) is 5.12 Å². The van der Waals surface area contributed by atoms with E-state index in [2.05, 4.69) is 15.9 Å². The lowest BCUT2D eigenvalue weighted by Gasteiger charge is -2.23. The Labute approximate surface area is 149 Å². The summed E-state index contributed by atoms with van der Waals surface area (Å²) in [4.78, 5) is 36.6. The molecule has 0 heterocycles. The Balaban J connectivity index is 2.82. The lowest BCUT2D eigenvalue weighted by Crippen LogP contribution is -2.31. The number of benzene rings is 1. The van der Waals surface area contributed by atoms with E-state index in [-0.39, 0.29) is 24.1 Å². The number of hydrogen-bond acceptors (Lipinski definition) is 5. The molecule has 126 valence electrons. The molecule has 0 amide bonds. The molecule has 23 heavy (non-hydrogen) atoms. The number of ether oxygens (including phenoxy) is 1. The molecule has 0 radical (unpaired) electrons. The molecule has 0 spiro atoms. The third kappa shape index (κ3) is 6.47. The number of hydrogen-bond donors (Lipinski definition) is 0. The van der Waals surface area contributed by atoms with Crippen molar-refractivity contribution in [3.8, 4) is 0 Å². The van der Waals surface area contributed by atoms with Crippen LogP contribution in [0.1, 0.15) is 27.2 Å².